The van der Waals surface area contributed by atoms with E-state index in [2.05, 4.69) is 170 Å². The lowest BCUT2D eigenvalue weighted by atomic mass is 9.67. The first kappa shape index (κ1) is 32.0. The van der Waals surface area contributed by atoms with Gasteiger partial charge in [0.1, 0.15) is 0 Å². The predicted molar refractivity (Wildman–Crippen MR) is 222 cm³/mol. The van der Waals surface area contributed by atoms with Crippen LogP contribution in [-0.2, 0) is 31.1 Å². The van der Waals surface area contributed by atoms with Gasteiger partial charge in [0.15, 0.2) is 0 Å². The number of anilines is 3. The molecular formula is C52H45N. The number of fused-ring (bicyclic) bond motifs is 5. The molecule has 0 atom stereocenters. The third-order valence-electron chi connectivity index (χ3n) is 12.4. The summed E-state index contributed by atoms with van der Waals surface area (Å²) in [5.74, 6) is 0. The lowest BCUT2D eigenvalue weighted by Gasteiger charge is -2.37. The normalized spacial score (nSPS) is 15.2. The molecule has 0 saturated carbocycles. The number of hydrogen-bond acceptors (Lipinski definition) is 1. The summed E-state index contributed by atoms with van der Waals surface area (Å²) in [6.07, 6.45) is 9.54. The van der Waals surface area contributed by atoms with E-state index in [1.54, 1.807) is 0 Å². The standard InChI is InChI=1S/C52H45N/c1-36-32-33-38-19-12-14-28-43(38)51(36)53(41-25-9-4-10-26-41)50-35-49-46(34-47(50)44-30-17-20-37-18-11-13-27-42(37)44)45-29-15-16-31-48(45)52(49,39-21-5-2-6-22-39)40-23-7-3-8-24-40/h2-10,15-17,20-26,29-35H,11-14,18-19,27-28H2,1H3. The van der Waals surface area contributed by atoms with Crippen LogP contribution in [-0.4, -0.2) is 0 Å². The van der Waals surface area contributed by atoms with Crippen LogP contribution in [0, 0.1) is 6.92 Å². The molecule has 0 radical (unpaired) electrons. The van der Waals surface area contributed by atoms with Crippen LogP contribution < -0.4 is 4.90 Å². The molecule has 0 bridgehead atoms. The van der Waals surface area contributed by atoms with E-state index in [1.165, 1.54) is 115 Å². The fourth-order valence-electron chi connectivity index (χ4n) is 10.1. The van der Waals surface area contributed by atoms with Gasteiger partial charge in [-0.2, -0.15) is 0 Å². The molecule has 0 N–H and O–H groups in total. The number of hydrogen-bond donors (Lipinski definition) is 0. The van der Waals surface area contributed by atoms with Crippen molar-refractivity contribution in [3.63, 3.8) is 0 Å². The quantitative estimate of drug-likeness (QED) is 0.169. The van der Waals surface area contributed by atoms with Crippen LogP contribution in [0.3, 0.4) is 0 Å². The maximum Gasteiger partial charge on any atom is 0.0714 e. The Balaban J connectivity index is 1.37. The van der Waals surface area contributed by atoms with Gasteiger partial charge in [-0.05, 0) is 149 Å². The first-order chi connectivity index (χ1) is 26.2. The Kier molecular flexibility index (Phi) is 7.90. The van der Waals surface area contributed by atoms with Crippen LogP contribution in [0.25, 0.3) is 22.3 Å². The zero-order chi connectivity index (χ0) is 35.4. The molecule has 0 amide bonds. The molecule has 1 nitrogen and oxygen atoms in total. The van der Waals surface area contributed by atoms with Gasteiger partial charge in [-0.1, -0.05) is 133 Å². The number of aryl methyl sites for hydroxylation is 3. The second-order valence-electron chi connectivity index (χ2n) is 15.3. The molecule has 0 fully saturated rings. The maximum absolute atomic E-state index is 2.65. The molecule has 1 heteroatoms. The van der Waals surface area contributed by atoms with Gasteiger partial charge in [0, 0.05) is 11.3 Å². The summed E-state index contributed by atoms with van der Waals surface area (Å²) in [6, 6.07) is 60.0. The van der Waals surface area contributed by atoms with Gasteiger partial charge >= 0.3 is 0 Å². The Morgan fingerprint density at radius 2 is 1.02 bits per heavy atom. The molecule has 10 rings (SSSR count). The monoisotopic (exact) mass is 683 g/mol. The summed E-state index contributed by atoms with van der Waals surface area (Å²) < 4.78 is 0. The van der Waals surface area contributed by atoms with E-state index >= 15 is 0 Å². The van der Waals surface area contributed by atoms with E-state index in [0.29, 0.717) is 0 Å². The van der Waals surface area contributed by atoms with Crippen molar-refractivity contribution in [1.29, 1.82) is 0 Å². The summed E-state index contributed by atoms with van der Waals surface area (Å²) in [4.78, 5) is 2.65. The van der Waals surface area contributed by atoms with E-state index in [-0.39, 0.29) is 0 Å². The van der Waals surface area contributed by atoms with Crippen LogP contribution in [0.5, 0.6) is 0 Å². The van der Waals surface area contributed by atoms with Crippen molar-refractivity contribution in [3.05, 3.63) is 208 Å². The first-order valence-corrected chi connectivity index (χ1v) is 19.7. The SMILES string of the molecule is Cc1ccc2c(c1N(c1ccccc1)c1cc3c(cc1-c1cccc4c1CCCC4)-c1ccccc1C3(c1ccccc1)c1ccccc1)CCCC2. The van der Waals surface area contributed by atoms with Gasteiger partial charge in [-0.15, -0.1) is 0 Å². The van der Waals surface area contributed by atoms with Crippen LogP contribution in [0.1, 0.15) is 75.8 Å². The highest BCUT2D eigenvalue weighted by molar-refractivity contribution is 5.98. The van der Waals surface area contributed by atoms with E-state index in [0.717, 1.165) is 25.7 Å². The molecular weight excluding hydrogens is 639 g/mol. The lowest BCUT2D eigenvalue weighted by molar-refractivity contribution is 0.685. The summed E-state index contributed by atoms with van der Waals surface area (Å²) in [7, 11) is 0. The van der Waals surface area contributed by atoms with E-state index in [4.69, 9.17) is 0 Å². The topological polar surface area (TPSA) is 3.24 Å². The zero-order valence-corrected chi connectivity index (χ0v) is 30.6. The molecule has 3 aliphatic carbocycles. The Morgan fingerprint density at radius 1 is 0.434 bits per heavy atom. The van der Waals surface area contributed by atoms with Gasteiger partial charge in [0.2, 0.25) is 0 Å². The van der Waals surface area contributed by atoms with Gasteiger partial charge < -0.3 is 4.90 Å². The molecule has 0 aromatic heterocycles. The highest BCUT2D eigenvalue weighted by Gasteiger charge is 2.47. The molecule has 7 aromatic carbocycles. The van der Waals surface area contributed by atoms with Gasteiger partial charge in [0.05, 0.1) is 16.8 Å². The molecule has 0 unspecified atom stereocenters. The zero-order valence-electron chi connectivity index (χ0n) is 30.6. The Labute approximate surface area is 314 Å². The van der Waals surface area contributed by atoms with Crippen LogP contribution in [0.15, 0.2) is 158 Å². The number of nitrogens with zero attached hydrogens (tertiary/aromatic N) is 1. The van der Waals surface area contributed by atoms with Crippen molar-refractivity contribution < 1.29 is 0 Å². The van der Waals surface area contributed by atoms with Crippen molar-refractivity contribution in [2.24, 2.45) is 0 Å². The fourth-order valence-corrected chi connectivity index (χ4v) is 10.1. The second-order valence-corrected chi connectivity index (χ2v) is 15.3. The molecule has 3 aliphatic rings. The molecule has 0 aliphatic heterocycles. The largest absolute Gasteiger partial charge is 0.309 e. The second kappa shape index (κ2) is 13.1. The lowest BCUT2D eigenvalue weighted by Crippen LogP contribution is -2.29. The molecule has 0 spiro atoms. The van der Waals surface area contributed by atoms with E-state index < -0.39 is 5.41 Å². The van der Waals surface area contributed by atoms with E-state index in [1.807, 2.05) is 0 Å². The van der Waals surface area contributed by atoms with Crippen LogP contribution in [0.2, 0.25) is 0 Å². The minimum Gasteiger partial charge on any atom is -0.309 e. The maximum atomic E-state index is 2.65. The Bertz CT molecular complexity index is 2420. The smallest absolute Gasteiger partial charge is 0.0714 e. The third kappa shape index (κ3) is 5.05. The van der Waals surface area contributed by atoms with Gasteiger partial charge in [-0.3, -0.25) is 0 Å². The molecule has 0 heterocycles. The molecule has 7 aromatic rings. The van der Waals surface area contributed by atoms with Crippen LogP contribution >= 0.6 is 0 Å². The number of rotatable bonds is 6. The molecule has 53 heavy (non-hydrogen) atoms. The minimum absolute atomic E-state index is 0.481. The first-order valence-electron chi connectivity index (χ1n) is 19.7. The highest BCUT2D eigenvalue weighted by Crippen LogP contribution is 2.59. The van der Waals surface area contributed by atoms with Crippen molar-refractivity contribution in [2.45, 2.75) is 63.7 Å². The average Bonchev–Trinajstić information content (AvgIpc) is 3.52. The van der Waals surface area contributed by atoms with Gasteiger partial charge in [-0.25, -0.2) is 0 Å². The third-order valence-corrected chi connectivity index (χ3v) is 12.4. The summed E-state index contributed by atoms with van der Waals surface area (Å²) >= 11 is 0. The van der Waals surface area contributed by atoms with Crippen molar-refractivity contribution in [1.82, 2.24) is 0 Å². The highest BCUT2D eigenvalue weighted by atomic mass is 15.2. The van der Waals surface area contributed by atoms with Crippen molar-refractivity contribution in [3.8, 4) is 22.3 Å². The summed E-state index contributed by atoms with van der Waals surface area (Å²) in [6.45, 7) is 2.33. The average molecular weight is 684 g/mol. The van der Waals surface area contributed by atoms with Crippen molar-refractivity contribution in [2.75, 3.05) is 4.90 Å². The predicted octanol–water partition coefficient (Wildman–Crippen LogP) is 13.3. The fraction of sp³-hybridized carbons (Fsp3) is 0.192. The van der Waals surface area contributed by atoms with E-state index in [9.17, 15) is 0 Å². The number of benzene rings is 7. The Hall–Kier alpha value is -5.66. The van der Waals surface area contributed by atoms with Crippen LogP contribution in [0.4, 0.5) is 17.1 Å². The molecule has 258 valence electrons. The van der Waals surface area contributed by atoms with Crippen molar-refractivity contribution >= 4 is 17.1 Å². The molecule has 0 saturated heterocycles. The number of para-hydroxylation sites is 1. The van der Waals surface area contributed by atoms with Gasteiger partial charge in [0.25, 0.3) is 0 Å². The summed E-state index contributed by atoms with van der Waals surface area (Å²) in [5.41, 5.74) is 21.4. The Morgan fingerprint density at radius 3 is 1.74 bits per heavy atom. The minimum atomic E-state index is -0.481. The summed E-state index contributed by atoms with van der Waals surface area (Å²) in [5, 5.41) is 0.